The number of benzene rings is 2. The zero-order valence-corrected chi connectivity index (χ0v) is 15.8. The van der Waals surface area contributed by atoms with Crippen LogP contribution >= 0.6 is 0 Å². The number of nitrogens with one attached hydrogen (secondary N) is 2. The number of para-hydroxylation sites is 1. The Bertz CT molecular complexity index is 1080. The lowest BCUT2D eigenvalue weighted by Crippen LogP contribution is -2.35. The van der Waals surface area contributed by atoms with Crippen LogP contribution in [-0.2, 0) is 27.3 Å². The van der Waals surface area contributed by atoms with E-state index in [1.807, 2.05) is 0 Å². The van der Waals surface area contributed by atoms with Crippen molar-refractivity contribution in [1.29, 1.82) is 0 Å². The van der Waals surface area contributed by atoms with Crippen molar-refractivity contribution in [2.45, 2.75) is 32.4 Å². The summed E-state index contributed by atoms with van der Waals surface area (Å²) in [7, 11) is 0. The molecule has 1 heterocycles. The van der Waals surface area contributed by atoms with Gasteiger partial charge in [0.25, 0.3) is 11.5 Å². The normalized spacial score (nSPS) is 11.8. The summed E-state index contributed by atoms with van der Waals surface area (Å²) in [5.74, 6) is -1.02. The maximum atomic E-state index is 12.9. The molecule has 8 heteroatoms. The Labute approximate surface area is 165 Å². The van der Waals surface area contributed by atoms with Crippen LogP contribution in [0.25, 0.3) is 10.9 Å². The van der Waals surface area contributed by atoms with Gasteiger partial charge in [-0.1, -0.05) is 24.3 Å². The molecule has 2 N–H and O–H groups in total. The lowest BCUT2D eigenvalue weighted by Gasteiger charge is -2.13. The van der Waals surface area contributed by atoms with E-state index < -0.39 is 18.0 Å². The molecular weight excluding hydrogens is 377 g/mol. The van der Waals surface area contributed by atoms with Crippen LogP contribution in [0.1, 0.15) is 24.7 Å². The fourth-order valence-electron chi connectivity index (χ4n) is 2.72. The second-order valence-electron chi connectivity index (χ2n) is 6.51. The van der Waals surface area contributed by atoms with Gasteiger partial charge in [-0.15, -0.1) is 0 Å². The van der Waals surface area contributed by atoms with Gasteiger partial charge in [0.1, 0.15) is 11.6 Å². The molecule has 0 aliphatic rings. The molecule has 3 aromatic rings. The molecule has 0 fully saturated rings. The molecule has 1 atom stereocenters. The highest BCUT2D eigenvalue weighted by atomic mass is 19.1. The van der Waals surface area contributed by atoms with Gasteiger partial charge in [-0.25, -0.2) is 9.37 Å². The van der Waals surface area contributed by atoms with Crippen molar-refractivity contribution in [3.05, 3.63) is 76.1 Å². The van der Waals surface area contributed by atoms with Crippen molar-refractivity contribution in [2.75, 3.05) is 0 Å². The van der Waals surface area contributed by atoms with E-state index in [-0.39, 0.29) is 30.8 Å². The van der Waals surface area contributed by atoms with Crippen molar-refractivity contribution in [1.82, 2.24) is 15.3 Å². The zero-order valence-electron chi connectivity index (χ0n) is 15.8. The molecule has 0 spiro atoms. The molecule has 0 aliphatic heterocycles. The summed E-state index contributed by atoms with van der Waals surface area (Å²) in [4.78, 5) is 43.1. The first-order valence-corrected chi connectivity index (χ1v) is 9.12. The van der Waals surface area contributed by atoms with Gasteiger partial charge in [0.05, 0.1) is 17.3 Å². The third-order valence-corrected chi connectivity index (χ3v) is 4.29. The third kappa shape index (κ3) is 5.47. The standard InChI is InChI=1S/C21H20FN3O4/c1-13(20(27)23-12-14-6-8-15(22)9-7-14)29-19(26)11-10-18-24-17-5-3-2-4-16(17)21(28)25-18/h2-9,13H,10-12H2,1H3,(H,23,27)(H,24,25,28)/t13-/m0/s1. The van der Waals surface area contributed by atoms with Crippen LogP contribution in [0.4, 0.5) is 4.39 Å². The fourth-order valence-corrected chi connectivity index (χ4v) is 2.72. The van der Waals surface area contributed by atoms with Crippen LogP contribution in [0.2, 0.25) is 0 Å². The lowest BCUT2D eigenvalue weighted by molar-refractivity contribution is -0.154. The Kier molecular flexibility index (Phi) is 6.33. The number of aryl methyl sites for hydroxylation is 1. The van der Waals surface area contributed by atoms with E-state index in [0.717, 1.165) is 5.56 Å². The molecule has 0 bridgehead atoms. The van der Waals surface area contributed by atoms with Crippen LogP contribution in [0.5, 0.6) is 0 Å². The van der Waals surface area contributed by atoms with E-state index in [9.17, 15) is 18.8 Å². The van der Waals surface area contributed by atoms with E-state index in [2.05, 4.69) is 15.3 Å². The number of halogens is 1. The first-order chi connectivity index (χ1) is 13.9. The topological polar surface area (TPSA) is 101 Å². The zero-order chi connectivity index (χ0) is 20.8. The Morgan fingerprint density at radius 2 is 1.90 bits per heavy atom. The lowest BCUT2D eigenvalue weighted by atomic mass is 10.2. The predicted octanol–water partition coefficient (Wildman–Crippen LogP) is 2.24. The number of aromatic amines is 1. The molecule has 0 unspecified atom stereocenters. The molecule has 1 aromatic heterocycles. The number of esters is 1. The monoisotopic (exact) mass is 397 g/mol. The van der Waals surface area contributed by atoms with Gasteiger partial charge in [-0.2, -0.15) is 0 Å². The quantitative estimate of drug-likeness (QED) is 0.596. The average Bonchev–Trinajstić information content (AvgIpc) is 2.71. The minimum Gasteiger partial charge on any atom is -0.453 e. The van der Waals surface area contributed by atoms with Crippen molar-refractivity contribution < 1.29 is 18.7 Å². The number of carbonyl (C=O) groups excluding carboxylic acids is 2. The molecule has 1 amide bonds. The molecule has 3 rings (SSSR count). The highest BCUT2D eigenvalue weighted by Gasteiger charge is 2.18. The van der Waals surface area contributed by atoms with E-state index in [0.29, 0.717) is 16.7 Å². The number of fused-ring (bicyclic) bond motifs is 1. The first kappa shape index (κ1) is 20.2. The summed E-state index contributed by atoms with van der Waals surface area (Å²) < 4.78 is 18.0. The van der Waals surface area contributed by atoms with Crippen LogP contribution in [-0.4, -0.2) is 27.9 Å². The predicted molar refractivity (Wildman–Crippen MR) is 104 cm³/mol. The average molecular weight is 397 g/mol. The first-order valence-electron chi connectivity index (χ1n) is 9.12. The number of H-pyrrole nitrogens is 1. The fraction of sp³-hybridized carbons (Fsp3) is 0.238. The summed E-state index contributed by atoms with van der Waals surface area (Å²) in [5.41, 5.74) is 1.00. The Hall–Kier alpha value is -3.55. The van der Waals surface area contributed by atoms with Crippen LogP contribution in [0, 0.1) is 5.82 Å². The maximum absolute atomic E-state index is 12.9. The van der Waals surface area contributed by atoms with E-state index in [1.54, 1.807) is 36.4 Å². The van der Waals surface area contributed by atoms with Gasteiger partial charge in [-0.05, 0) is 36.8 Å². The second kappa shape index (κ2) is 9.09. The molecule has 0 radical (unpaired) electrons. The number of aromatic nitrogens is 2. The molecule has 2 aromatic carbocycles. The second-order valence-corrected chi connectivity index (χ2v) is 6.51. The van der Waals surface area contributed by atoms with E-state index >= 15 is 0 Å². The minimum atomic E-state index is -0.980. The summed E-state index contributed by atoms with van der Waals surface area (Å²) in [6.45, 7) is 1.66. The van der Waals surface area contributed by atoms with Gasteiger partial charge in [0, 0.05) is 13.0 Å². The largest absolute Gasteiger partial charge is 0.453 e. The van der Waals surface area contributed by atoms with Crippen molar-refractivity contribution in [2.24, 2.45) is 0 Å². The van der Waals surface area contributed by atoms with E-state index in [1.165, 1.54) is 19.1 Å². The summed E-state index contributed by atoms with van der Waals surface area (Å²) in [6.07, 6.45) is -0.828. The maximum Gasteiger partial charge on any atom is 0.307 e. The van der Waals surface area contributed by atoms with Crippen LogP contribution in [0.15, 0.2) is 53.3 Å². The van der Waals surface area contributed by atoms with Crippen LogP contribution < -0.4 is 10.9 Å². The van der Waals surface area contributed by atoms with Gasteiger partial charge < -0.3 is 15.0 Å². The van der Waals surface area contributed by atoms with Gasteiger partial charge in [-0.3, -0.25) is 14.4 Å². The summed E-state index contributed by atoms with van der Waals surface area (Å²) in [5, 5.41) is 3.10. The molecule has 0 saturated heterocycles. The molecule has 7 nitrogen and oxygen atoms in total. The Morgan fingerprint density at radius 1 is 1.17 bits per heavy atom. The highest BCUT2D eigenvalue weighted by molar-refractivity contribution is 5.83. The molecule has 0 aliphatic carbocycles. The molecular formula is C21H20FN3O4. The number of hydrogen-bond acceptors (Lipinski definition) is 5. The van der Waals surface area contributed by atoms with Crippen molar-refractivity contribution >= 4 is 22.8 Å². The van der Waals surface area contributed by atoms with Gasteiger partial charge >= 0.3 is 5.97 Å². The Balaban J connectivity index is 1.49. The number of ether oxygens (including phenoxy) is 1. The number of amides is 1. The number of rotatable bonds is 7. The molecule has 0 saturated carbocycles. The number of nitrogens with zero attached hydrogens (tertiary/aromatic N) is 1. The minimum absolute atomic E-state index is 0.0309. The summed E-state index contributed by atoms with van der Waals surface area (Å²) >= 11 is 0. The van der Waals surface area contributed by atoms with E-state index in [4.69, 9.17) is 4.74 Å². The summed E-state index contributed by atoms with van der Waals surface area (Å²) in [6, 6.07) is 12.6. The van der Waals surface area contributed by atoms with Gasteiger partial charge in [0.2, 0.25) is 0 Å². The SMILES string of the molecule is C[C@H](OC(=O)CCc1nc2ccccc2c(=O)[nH]1)C(=O)NCc1ccc(F)cc1. The number of carbonyl (C=O) groups is 2. The Morgan fingerprint density at radius 3 is 2.66 bits per heavy atom. The molecule has 29 heavy (non-hydrogen) atoms. The van der Waals surface area contributed by atoms with Crippen molar-refractivity contribution in [3.63, 3.8) is 0 Å². The highest BCUT2D eigenvalue weighted by Crippen LogP contribution is 2.08. The van der Waals surface area contributed by atoms with Crippen LogP contribution in [0.3, 0.4) is 0 Å². The molecule has 150 valence electrons. The van der Waals surface area contributed by atoms with Gasteiger partial charge in [0.15, 0.2) is 6.10 Å². The van der Waals surface area contributed by atoms with Crippen molar-refractivity contribution in [3.8, 4) is 0 Å². The third-order valence-electron chi connectivity index (χ3n) is 4.29. The smallest absolute Gasteiger partial charge is 0.307 e. The number of hydrogen-bond donors (Lipinski definition) is 2.